The number of hydrogen-bond donors (Lipinski definition) is 2. The van der Waals surface area contributed by atoms with Crippen LogP contribution in [-0.4, -0.2) is 24.0 Å². The number of amides is 1. The minimum Gasteiger partial charge on any atom is -0.489 e. The molecule has 2 bridgehead atoms. The smallest absolute Gasteiger partial charge is 0.251 e. The second kappa shape index (κ2) is 8.72. The van der Waals surface area contributed by atoms with Crippen molar-refractivity contribution in [2.45, 2.75) is 50.4 Å². The maximum absolute atomic E-state index is 13.2. The summed E-state index contributed by atoms with van der Waals surface area (Å²) in [6, 6.07) is 14.8. The van der Waals surface area contributed by atoms with Gasteiger partial charge in [0.15, 0.2) is 0 Å². The number of piperidine rings is 1. The third-order valence-electron chi connectivity index (χ3n) is 5.20. The average Bonchev–Trinajstić information content (AvgIpc) is 2.98. The van der Waals surface area contributed by atoms with Crippen LogP contribution in [0.5, 0.6) is 5.75 Å². The lowest BCUT2D eigenvalue weighted by atomic mass is 9.99. The Morgan fingerprint density at radius 1 is 1.11 bits per heavy atom. The molecule has 2 fully saturated rings. The van der Waals surface area contributed by atoms with Crippen LogP contribution in [0.3, 0.4) is 0 Å². The monoisotopic (exact) mass is 390 g/mol. The summed E-state index contributed by atoms with van der Waals surface area (Å²) < 4.78 is 18.8. The molecule has 2 saturated heterocycles. The second-order valence-corrected chi connectivity index (χ2v) is 7.23. The van der Waals surface area contributed by atoms with E-state index in [2.05, 4.69) is 10.6 Å². The molecule has 2 unspecified atom stereocenters. The summed E-state index contributed by atoms with van der Waals surface area (Å²) in [7, 11) is 0. The zero-order chi connectivity index (χ0) is 17.9. The fourth-order valence-corrected chi connectivity index (χ4v) is 3.97. The standard InChI is InChI=1S/C21H23FN2O2.ClH/c22-16-5-2-6-20(10-16)26-13-14-3-1-4-15(9-14)21(25)24-19-11-17-7-8-18(12-19)23-17;/h1-6,9-10,17-19,23H,7-8,11-13H2,(H,24,25);1H. The number of ether oxygens (including phenoxy) is 1. The van der Waals surface area contributed by atoms with Gasteiger partial charge < -0.3 is 15.4 Å². The SMILES string of the molecule is Cl.O=C(NC1CC2CCC(C1)N2)c1cccc(COc2cccc(F)c2)c1. The van der Waals surface area contributed by atoms with E-state index in [1.54, 1.807) is 12.1 Å². The first-order chi connectivity index (χ1) is 12.7. The molecule has 2 heterocycles. The van der Waals surface area contributed by atoms with Gasteiger partial charge in [-0.15, -0.1) is 12.4 Å². The molecule has 0 aliphatic carbocycles. The van der Waals surface area contributed by atoms with Gasteiger partial charge in [-0.1, -0.05) is 18.2 Å². The van der Waals surface area contributed by atoms with E-state index in [0.717, 1.165) is 18.4 Å². The van der Waals surface area contributed by atoms with Crippen LogP contribution in [0.25, 0.3) is 0 Å². The van der Waals surface area contributed by atoms with Gasteiger partial charge in [0.05, 0.1) is 0 Å². The van der Waals surface area contributed by atoms with E-state index in [1.807, 2.05) is 24.3 Å². The van der Waals surface area contributed by atoms with E-state index in [-0.39, 0.29) is 30.2 Å². The molecule has 2 aromatic carbocycles. The molecule has 2 aromatic rings. The first-order valence-corrected chi connectivity index (χ1v) is 9.20. The van der Waals surface area contributed by atoms with Crippen molar-refractivity contribution in [3.8, 4) is 5.75 Å². The molecule has 0 aromatic heterocycles. The van der Waals surface area contributed by atoms with E-state index in [1.165, 1.54) is 25.0 Å². The molecule has 0 saturated carbocycles. The van der Waals surface area contributed by atoms with Crippen LogP contribution in [-0.2, 0) is 6.61 Å². The van der Waals surface area contributed by atoms with Crippen LogP contribution in [0.1, 0.15) is 41.6 Å². The molecule has 6 heteroatoms. The van der Waals surface area contributed by atoms with Gasteiger partial charge in [0.1, 0.15) is 18.2 Å². The molecule has 2 N–H and O–H groups in total. The Hall–Kier alpha value is -2.11. The highest BCUT2D eigenvalue weighted by molar-refractivity contribution is 5.94. The van der Waals surface area contributed by atoms with E-state index >= 15 is 0 Å². The van der Waals surface area contributed by atoms with Crippen LogP contribution in [0.15, 0.2) is 48.5 Å². The number of benzene rings is 2. The van der Waals surface area contributed by atoms with Crippen LogP contribution < -0.4 is 15.4 Å². The Kier molecular flexibility index (Phi) is 6.34. The van der Waals surface area contributed by atoms with Crippen molar-refractivity contribution in [2.75, 3.05) is 0 Å². The Bertz CT molecular complexity index is 789. The second-order valence-electron chi connectivity index (χ2n) is 7.23. The van der Waals surface area contributed by atoms with Crippen LogP contribution >= 0.6 is 12.4 Å². The average molecular weight is 391 g/mol. The van der Waals surface area contributed by atoms with E-state index in [4.69, 9.17) is 4.74 Å². The van der Waals surface area contributed by atoms with Crippen molar-refractivity contribution in [1.29, 1.82) is 0 Å². The molecule has 0 spiro atoms. The number of nitrogens with one attached hydrogen (secondary N) is 2. The van der Waals surface area contributed by atoms with Crippen molar-refractivity contribution >= 4 is 18.3 Å². The molecule has 4 nitrogen and oxygen atoms in total. The molecule has 144 valence electrons. The van der Waals surface area contributed by atoms with Gasteiger partial charge in [0.25, 0.3) is 5.91 Å². The summed E-state index contributed by atoms with van der Waals surface area (Å²) in [5, 5.41) is 6.76. The number of hydrogen-bond acceptors (Lipinski definition) is 3. The predicted molar refractivity (Wildman–Crippen MR) is 105 cm³/mol. The van der Waals surface area contributed by atoms with Gasteiger partial charge in [0, 0.05) is 29.8 Å². The van der Waals surface area contributed by atoms with Gasteiger partial charge in [-0.3, -0.25) is 4.79 Å². The largest absolute Gasteiger partial charge is 0.489 e. The van der Waals surface area contributed by atoms with Gasteiger partial charge in [-0.05, 0) is 55.5 Å². The van der Waals surface area contributed by atoms with Gasteiger partial charge in [-0.2, -0.15) is 0 Å². The van der Waals surface area contributed by atoms with Crippen molar-refractivity contribution in [3.05, 3.63) is 65.5 Å². The number of carbonyl (C=O) groups excluding carboxylic acids is 1. The van der Waals surface area contributed by atoms with E-state index in [0.29, 0.717) is 30.0 Å². The van der Waals surface area contributed by atoms with Gasteiger partial charge in [-0.25, -0.2) is 4.39 Å². The van der Waals surface area contributed by atoms with Gasteiger partial charge in [0.2, 0.25) is 0 Å². The third kappa shape index (κ3) is 4.99. The Morgan fingerprint density at radius 2 is 1.85 bits per heavy atom. The Balaban J connectivity index is 0.00000210. The molecule has 2 aliphatic heterocycles. The molecule has 1 amide bonds. The van der Waals surface area contributed by atoms with Crippen LogP contribution in [0, 0.1) is 5.82 Å². The number of rotatable bonds is 5. The normalized spacial score (nSPS) is 23.4. The van der Waals surface area contributed by atoms with Gasteiger partial charge >= 0.3 is 0 Å². The highest BCUT2D eigenvalue weighted by atomic mass is 35.5. The minimum absolute atomic E-state index is 0. The fraction of sp³-hybridized carbons (Fsp3) is 0.381. The molecular weight excluding hydrogens is 367 g/mol. The summed E-state index contributed by atoms with van der Waals surface area (Å²) in [6.45, 7) is 0.294. The highest BCUT2D eigenvalue weighted by Crippen LogP contribution is 2.27. The first-order valence-electron chi connectivity index (χ1n) is 9.20. The van der Waals surface area contributed by atoms with Crippen molar-refractivity contribution < 1.29 is 13.9 Å². The summed E-state index contributed by atoms with van der Waals surface area (Å²) >= 11 is 0. The number of carbonyl (C=O) groups is 1. The van der Waals surface area contributed by atoms with Crippen LogP contribution in [0.4, 0.5) is 4.39 Å². The topological polar surface area (TPSA) is 50.4 Å². The molecule has 2 atom stereocenters. The maximum atomic E-state index is 13.2. The number of fused-ring (bicyclic) bond motifs is 2. The summed E-state index contributed by atoms with van der Waals surface area (Å²) in [5.74, 6) is 0.112. The lowest BCUT2D eigenvalue weighted by Crippen LogP contribution is -2.48. The first kappa shape index (κ1) is 19.6. The van der Waals surface area contributed by atoms with E-state index in [9.17, 15) is 9.18 Å². The molecule has 2 aliphatic rings. The zero-order valence-electron chi connectivity index (χ0n) is 15.0. The lowest BCUT2D eigenvalue weighted by molar-refractivity contribution is 0.0924. The summed E-state index contributed by atoms with van der Waals surface area (Å²) in [4.78, 5) is 12.6. The lowest BCUT2D eigenvalue weighted by Gasteiger charge is -2.29. The molecule has 27 heavy (non-hydrogen) atoms. The maximum Gasteiger partial charge on any atom is 0.251 e. The molecule has 0 radical (unpaired) electrons. The highest BCUT2D eigenvalue weighted by Gasteiger charge is 2.34. The zero-order valence-corrected chi connectivity index (χ0v) is 15.8. The minimum atomic E-state index is -0.327. The Morgan fingerprint density at radius 3 is 2.59 bits per heavy atom. The fourth-order valence-electron chi connectivity index (χ4n) is 3.97. The summed E-state index contributed by atoms with van der Waals surface area (Å²) in [6.07, 6.45) is 4.43. The van der Waals surface area contributed by atoms with Crippen molar-refractivity contribution in [2.24, 2.45) is 0 Å². The third-order valence-corrected chi connectivity index (χ3v) is 5.20. The Labute approximate surface area is 164 Å². The van der Waals surface area contributed by atoms with Crippen molar-refractivity contribution in [3.63, 3.8) is 0 Å². The van der Waals surface area contributed by atoms with Crippen molar-refractivity contribution in [1.82, 2.24) is 10.6 Å². The molecular formula is C21H24ClFN2O2. The number of halogens is 2. The summed E-state index contributed by atoms with van der Waals surface area (Å²) in [5.41, 5.74) is 1.52. The molecule has 4 rings (SSSR count). The van der Waals surface area contributed by atoms with E-state index < -0.39 is 0 Å². The van der Waals surface area contributed by atoms with Crippen LogP contribution in [0.2, 0.25) is 0 Å². The predicted octanol–water partition coefficient (Wildman–Crippen LogP) is 3.84. The quantitative estimate of drug-likeness (QED) is 0.815.